The lowest BCUT2D eigenvalue weighted by Gasteiger charge is -2.12. The molecular weight excluding hydrogens is 202 g/mol. The highest BCUT2D eigenvalue weighted by Gasteiger charge is 2.29. The number of pyridine rings is 1. The van der Waals surface area contributed by atoms with Crippen LogP contribution in [0.1, 0.15) is 35.7 Å². The van der Waals surface area contributed by atoms with E-state index in [1.807, 2.05) is 0 Å². The molecule has 2 heterocycles. The van der Waals surface area contributed by atoms with E-state index in [1.54, 1.807) is 4.90 Å². The minimum atomic E-state index is 0.286. The van der Waals surface area contributed by atoms with Crippen molar-refractivity contribution in [3.63, 3.8) is 0 Å². The zero-order chi connectivity index (χ0) is 11.1. The lowest BCUT2D eigenvalue weighted by atomic mass is 10.1. The van der Waals surface area contributed by atoms with Crippen LogP contribution in [0.4, 0.5) is 0 Å². The molecule has 0 aromatic carbocycles. The predicted octanol–water partition coefficient (Wildman–Crippen LogP) is 1.30. The summed E-state index contributed by atoms with van der Waals surface area (Å²) in [4.78, 5) is 16.8. The molecule has 0 bridgehead atoms. The maximum atomic E-state index is 10.5. The van der Waals surface area contributed by atoms with Crippen molar-refractivity contribution in [1.82, 2.24) is 9.88 Å². The van der Waals surface area contributed by atoms with Crippen molar-refractivity contribution >= 4 is 12.1 Å². The Bertz CT molecular complexity index is 465. The Hall–Kier alpha value is -1.71. The van der Waals surface area contributed by atoms with Crippen molar-refractivity contribution in [1.29, 1.82) is 5.41 Å². The standard InChI is InChI=1S/C12H13N3O/c13-12-11-9(7-15(12)5-6-16)3-4-10(14-11)8-1-2-8/h3-4,6,8,13H,1-2,5,7H2. The normalized spacial score (nSPS) is 18.8. The minimum Gasteiger partial charge on any atom is -0.344 e. The van der Waals surface area contributed by atoms with Crippen LogP contribution in [-0.4, -0.2) is 28.6 Å². The molecule has 0 radical (unpaired) electrons. The quantitative estimate of drug-likeness (QED) is 0.773. The molecule has 16 heavy (non-hydrogen) atoms. The van der Waals surface area contributed by atoms with Crippen molar-refractivity contribution in [2.75, 3.05) is 6.54 Å². The molecular formula is C12H13N3O. The van der Waals surface area contributed by atoms with Gasteiger partial charge in [-0.3, -0.25) is 5.41 Å². The highest BCUT2D eigenvalue weighted by molar-refractivity contribution is 5.99. The first kappa shape index (κ1) is 9.51. The van der Waals surface area contributed by atoms with Gasteiger partial charge in [0.15, 0.2) is 0 Å². The predicted molar refractivity (Wildman–Crippen MR) is 59.5 cm³/mol. The number of hydrogen-bond acceptors (Lipinski definition) is 3. The Kier molecular flexibility index (Phi) is 2.02. The third-order valence-corrected chi connectivity index (χ3v) is 3.19. The third-order valence-electron chi connectivity index (χ3n) is 3.19. The van der Waals surface area contributed by atoms with Gasteiger partial charge < -0.3 is 9.69 Å². The van der Waals surface area contributed by atoms with Crippen molar-refractivity contribution in [2.45, 2.75) is 25.3 Å². The third kappa shape index (κ3) is 1.41. The number of carbonyl (C=O) groups is 1. The number of nitrogens with one attached hydrogen (secondary N) is 1. The average Bonchev–Trinajstić information content (AvgIpc) is 3.08. The van der Waals surface area contributed by atoms with Crippen molar-refractivity contribution in [3.05, 3.63) is 29.1 Å². The summed E-state index contributed by atoms with van der Waals surface area (Å²) in [6.07, 6.45) is 3.27. The van der Waals surface area contributed by atoms with E-state index in [-0.39, 0.29) is 6.54 Å². The summed E-state index contributed by atoms with van der Waals surface area (Å²) in [5, 5.41) is 7.95. The second-order valence-corrected chi connectivity index (χ2v) is 4.41. The van der Waals surface area contributed by atoms with Crippen LogP contribution in [0, 0.1) is 5.41 Å². The molecule has 1 saturated carbocycles. The first-order valence-corrected chi connectivity index (χ1v) is 5.57. The summed E-state index contributed by atoms with van der Waals surface area (Å²) in [5.41, 5.74) is 2.94. The van der Waals surface area contributed by atoms with E-state index in [4.69, 9.17) is 5.41 Å². The summed E-state index contributed by atoms with van der Waals surface area (Å²) in [6.45, 7) is 0.929. The van der Waals surface area contributed by atoms with Crippen LogP contribution in [0.2, 0.25) is 0 Å². The molecule has 0 amide bonds. The van der Waals surface area contributed by atoms with Gasteiger partial charge in [0, 0.05) is 23.7 Å². The van der Waals surface area contributed by atoms with Crippen molar-refractivity contribution in [2.24, 2.45) is 0 Å². The number of nitrogens with zero attached hydrogens (tertiary/aromatic N) is 2. The lowest BCUT2D eigenvalue weighted by molar-refractivity contribution is -0.108. The molecule has 3 rings (SSSR count). The van der Waals surface area contributed by atoms with E-state index in [1.165, 1.54) is 12.8 Å². The van der Waals surface area contributed by atoms with Gasteiger partial charge in [0.1, 0.15) is 17.8 Å². The molecule has 1 fully saturated rings. The lowest BCUT2D eigenvalue weighted by Crippen LogP contribution is -2.26. The zero-order valence-electron chi connectivity index (χ0n) is 8.94. The van der Waals surface area contributed by atoms with Gasteiger partial charge in [-0.2, -0.15) is 0 Å². The second-order valence-electron chi connectivity index (χ2n) is 4.41. The van der Waals surface area contributed by atoms with Crippen LogP contribution in [0.15, 0.2) is 12.1 Å². The zero-order valence-corrected chi connectivity index (χ0v) is 8.94. The number of aromatic nitrogens is 1. The van der Waals surface area contributed by atoms with Gasteiger partial charge in [0.25, 0.3) is 0 Å². The largest absolute Gasteiger partial charge is 0.344 e. The van der Waals surface area contributed by atoms with Crippen LogP contribution >= 0.6 is 0 Å². The van der Waals surface area contributed by atoms with Gasteiger partial charge in [-0.15, -0.1) is 0 Å². The maximum Gasteiger partial charge on any atom is 0.148 e. The number of hydrogen-bond donors (Lipinski definition) is 1. The fraction of sp³-hybridized carbons (Fsp3) is 0.417. The summed E-state index contributed by atoms with van der Waals surface area (Å²) >= 11 is 0. The number of fused-ring (bicyclic) bond motifs is 1. The van der Waals surface area contributed by atoms with Crippen molar-refractivity contribution in [3.8, 4) is 0 Å². The molecule has 1 aromatic rings. The topological polar surface area (TPSA) is 57.1 Å². The van der Waals surface area contributed by atoms with Crippen LogP contribution in [-0.2, 0) is 11.3 Å². The highest BCUT2D eigenvalue weighted by atomic mass is 16.1. The van der Waals surface area contributed by atoms with Crippen LogP contribution < -0.4 is 0 Å². The van der Waals surface area contributed by atoms with E-state index < -0.39 is 0 Å². The molecule has 0 unspecified atom stereocenters. The Labute approximate surface area is 93.8 Å². The number of aldehydes is 1. The van der Waals surface area contributed by atoms with Gasteiger partial charge in [-0.25, -0.2) is 4.98 Å². The molecule has 4 nitrogen and oxygen atoms in total. The molecule has 82 valence electrons. The van der Waals surface area contributed by atoms with E-state index in [0.29, 0.717) is 18.3 Å². The first-order chi connectivity index (χ1) is 7.79. The van der Waals surface area contributed by atoms with Gasteiger partial charge >= 0.3 is 0 Å². The Morgan fingerprint density at radius 1 is 1.50 bits per heavy atom. The molecule has 2 aliphatic rings. The molecule has 1 N–H and O–H groups in total. The summed E-state index contributed by atoms with van der Waals surface area (Å²) in [6, 6.07) is 4.11. The minimum absolute atomic E-state index is 0.286. The molecule has 0 atom stereocenters. The fourth-order valence-corrected chi connectivity index (χ4v) is 2.12. The molecule has 1 aliphatic heterocycles. The molecule has 4 heteroatoms. The first-order valence-electron chi connectivity index (χ1n) is 5.57. The van der Waals surface area contributed by atoms with E-state index in [2.05, 4.69) is 17.1 Å². The molecule has 0 spiro atoms. The fourth-order valence-electron chi connectivity index (χ4n) is 2.12. The van der Waals surface area contributed by atoms with E-state index in [0.717, 1.165) is 23.2 Å². The Balaban J connectivity index is 1.93. The van der Waals surface area contributed by atoms with Crippen LogP contribution in [0.25, 0.3) is 0 Å². The van der Waals surface area contributed by atoms with Crippen molar-refractivity contribution < 1.29 is 4.79 Å². The average molecular weight is 215 g/mol. The Morgan fingerprint density at radius 3 is 3.00 bits per heavy atom. The monoisotopic (exact) mass is 215 g/mol. The smallest absolute Gasteiger partial charge is 0.148 e. The second kappa shape index (κ2) is 3.40. The molecule has 0 saturated heterocycles. The molecule has 1 aromatic heterocycles. The Morgan fingerprint density at radius 2 is 2.31 bits per heavy atom. The van der Waals surface area contributed by atoms with Crippen LogP contribution in [0.5, 0.6) is 0 Å². The maximum absolute atomic E-state index is 10.5. The van der Waals surface area contributed by atoms with Gasteiger partial charge in [0.05, 0.1) is 6.54 Å². The number of carbonyl (C=O) groups excluding carboxylic acids is 1. The summed E-state index contributed by atoms with van der Waals surface area (Å²) in [7, 11) is 0. The van der Waals surface area contributed by atoms with E-state index in [9.17, 15) is 4.79 Å². The molecule has 1 aliphatic carbocycles. The number of amidine groups is 1. The summed E-state index contributed by atoms with van der Waals surface area (Å²) in [5.74, 6) is 1.00. The van der Waals surface area contributed by atoms with E-state index >= 15 is 0 Å². The SMILES string of the molecule is N=C1c2nc(C3CC3)ccc2CN1CC=O. The highest BCUT2D eigenvalue weighted by Crippen LogP contribution is 2.39. The summed E-state index contributed by atoms with van der Waals surface area (Å²) < 4.78 is 0. The van der Waals surface area contributed by atoms with Gasteiger partial charge in [-0.05, 0) is 18.9 Å². The number of rotatable bonds is 3. The van der Waals surface area contributed by atoms with Gasteiger partial charge in [-0.1, -0.05) is 6.07 Å². The van der Waals surface area contributed by atoms with Gasteiger partial charge in [0.2, 0.25) is 0 Å². The van der Waals surface area contributed by atoms with Crippen LogP contribution in [0.3, 0.4) is 0 Å².